The van der Waals surface area contributed by atoms with E-state index in [-0.39, 0.29) is 6.10 Å². The van der Waals surface area contributed by atoms with Crippen molar-refractivity contribution >= 4 is 34.0 Å². The van der Waals surface area contributed by atoms with Crippen LogP contribution in [-0.4, -0.2) is 19.7 Å². The van der Waals surface area contributed by atoms with Crippen molar-refractivity contribution in [2.75, 3.05) is 0 Å². The fourth-order valence-electron chi connectivity index (χ4n) is 3.30. The second-order valence-electron chi connectivity index (χ2n) is 6.85. The van der Waals surface area contributed by atoms with Crippen molar-refractivity contribution in [3.8, 4) is 22.2 Å². The number of aromatic nitrogens is 4. The Labute approximate surface area is 181 Å². The lowest BCUT2D eigenvalue weighted by Crippen LogP contribution is -2.03. The van der Waals surface area contributed by atoms with Crippen molar-refractivity contribution < 1.29 is 9.15 Å². The summed E-state index contributed by atoms with van der Waals surface area (Å²) in [6.07, 6.45) is 1.65. The topological polar surface area (TPSA) is 66.0 Å². The molecule has 2 aromatic carbocycles. The van der Waals surface area contributed by atoms with E-state index in [0.29, 0.717) is 16.8 Å². The summed E-state index contributed by atoms with van der Waals surface area (Å²) >= 11 is 7.88. The molecule has 0 unspecified atom stereocenters. The van der Waals surface area contributed by atoms with Gasteiger partial charge in [-0.25, -0.2) is 4.98 Å². The largest absolute Gasteiger partial charge is 0.485 e. The molecular weight excluding hydrogens is 420 g/mol. The van der Waals surface area contributed by atoms with Crippen molar-refractivity contribution in [1.29, 1.82) is 0 Å². The average Bonchev–Trinajstić information content (AvgIpc) is 3.47. The lowest BCUT2D eigenvalue weighted by molar-refractivity contribution is 0.228. The number of rotatable bonds is 5. The number of benzene rings is 2. The van der Waals surface area contributed by atoms with Gasteiger partial charge < -0.3 is 9.15 Å². The minimum Gasteiger partial charge on any atom is -0.485 e. The van der Waals surface area contributed by atoms with E-state index < -0.39 is 0 Å². The van der Waals surface area contributed by atoms with Crippen molar-refractivity contribution in [3.63, 3.8) is 0 Å². The minimum atomic E-state index is -0.152. The zero-order chi connectivity index (χ0) is 20.7. The van der Waals surface area contributed by atoms with Crippen LogP contribution in [0.4, 0.5) is 0 Å². The van der Waals surface area contributed by atoms with Gasteiger partial charge in [-0.2, -0.15) is 0 Å². The number of imidazole rings is 1. The number of halogens is 1. The van der Waals surface area contributed by atoms with Crippen LogP contribution in [0, 0.1) is 6.92 Å². The van der Waals surface area contributed by atoms with Gasteiger partial charge in [0.2, 0.25) is 11.8 Å². The molecule has 150 valence electrons. The molecule has 0 N–H and O–H groups in total. The van der Waals surface area contributed by atoms with Crippen LogP contribution in [0.25, 0.3) is 27.5 Å². The van der Waals surface area contributed by atoms with Crippen LogP contribution in [0.1, 0.15) is 24.5 Å². The molecule has 0 aliphatic heterocycles. The van der Waals surface area contributed by atoms with Crippen molar-refractivity contribution in [2.45, 2.75) is 20.0 Å². The first-order valence-electron chi connectivity index (χ1n) is 9.36. The number of nitrogens with zero attached hydrogens (tertiary/aromatic N) is 4. The highest BCUT2D eigenvalue weighted by molar-refractivity contribution is 7.12. The molecule has 1 atom stereocenters. The standard InChI is InChI=1S/C22H17ClN4O2S/c1-13(17-5-3-4-6-18(17)23)28-16-10-21(30-11-16)27-12-24-19-9-15(7-8-20(19)27)22-26-25-14(2)29-22/h3-13H,1-2H3/t13-/m1/s1. The van der Waals surface area contributed by atoms with Gasteiger partial charge >= 0.3 is 0 Å². The van der Waals surface area contributed by atoms with Gasteiger partial charge in [0.05, 0.1) is 11.0 Å². The van der Waals surface area contributed by atoms with Crippen LogP contribution < -0.4 is 4.74 Å². The Hall–Kier alpha value is -3.16. The van der Waals surface area contributed by atoms with Crippen LogP contribution in [0.2, 0.25) is 5.02 Å². The highest BCUT2D eigenvalue weighted by atomic mass is 35.5. The molecule has 0 fully saturated rings. The summed E-state index contributed by atoms with van der Waals surface area (Å²) in [5.41, 5.74) is 3.65. The van der Waals surface area contributed by atoms with Crippen LogP contribution in [0.15, 0.2) is 64.7 Å². The Morgan fingerprint density at radius 1 is 1.13 bits per heavy atom. The van der Waals surface area contributed by atoms with Gasteiger partial charge in [0.25, 0.3) is 0 Å². The molecule has 0 aliphatic carbocycles. The number of thiophene rings is 1. The fourth-order valence-corrected chi connectivity index (χ4v) is 4.40. The van der Waals surface area contributed by atoms with Gasteiger partial charge in [-0.15, -0.1) is 21.5 Å². The molecule has 8 heteroatoms. The number of fused-ring (bicyclic) bond motifs is 1. The molecule has 5 aromatic rings. The van der Waals surface area contributed by atoms with E-state index in [0.717, 1.165) is 32.9 Å². The van der Waals surface area contributed by atoms with Gasteiger partial charge in [-0.3, -0.25) is 4.57 Å². The van der Waals surface area contributed by atoms with Crippen LogP contribution in [0.3, 0.4) is 0 Å². The van der Waals surface area contributed by atoms with E-state index in [9.17, 15) is 0 Å². The first kappa shape index (κ1) is 18.8. The average molecular weight is 437 g/mol. The molecule has 0 bridgehead atoms. The summed E-state index contributed by atoms with van der Waals surface area (Å²) in [4.78, 5) is 4.54. The third kappa shape index (κ3) is 3.46. The summed E-state index contributed by atoms with van der Waals surface area (Å²) in [6, 6.07) is 15.6. The van der Waals surface area contributed by atoms with E-state index >= 15 is 0 Å². The molecule has 0 spiro atoms. The van der Waals surface area contributed by atoms with Crippen molar-refractivity contribution in [2.24, 2.45) is 0 Å². The van der Waals surface area contributed by atoms with Crippen LogP contribution in [0.5, 0.6) is 5.75 Å². The minimum absolute atomic E-state index is 0.152. The first-order valence-corrected chi connectivity index (χ1v) is 10.6. The van der Waals surface area contributed by atoms with E-state index in [1.165, 1.54) is 0 Å². The Kier molecular flexibility index (Phi) is 4.77. The van der Waals surface area contributed by atoms with Gasteiger partial charge in [0.15, 0.2) is 0 Å². The fraction of sp³-hybridized carbons (Fsp3) is 0.136. The maximum Gasteiger partial charge on any atom is 0.247 e. The van der Waals surface area contributed by atoms with Gasteiger partial charge in [0.1, 0.15) is 23.2 Å². The zero-order valence-corrected chi connectivity index (χ0v) is 17.8. The molecule has 3 aromatic heterocycles. The highest BCUT2D eigenvalue weighted by Crippen LogP contribution is 2.33. The quantitative estimate of drug-likeness (QED) is 0.326. The molecule has 30 heavy (non-hydrogen) atoms. The third-order valence-electron chi connectivity index (χ3n) is 4.78. The summed E-state index contributed by atoms with van der Waals surface area (Å²) in [5, 5.41) is 11.7. The molecular formula is C22H17ClN4O2S. The molecule has 0 saturated carbocycles. The lowest BCUT2D eigenvalue weighted by Gasteiger charge is -2.15. The smallest absolute Gasteiger partial charge is 0.247 e. The zero-order valence-electron chi connectivity index (χ0n) is 16.2. The highest BCUT2D eigenvalue weighted by Gasteiger charge is 2.14. The van der Waals surface area contributed by atoms with Gasteiger partial charge in [-0.05, 0) is 31.2 Å². The third-order valence-corrected chi connectivity index (χ3v) is 6.03. The van der Waals surface area contributed by atoms with Crippen molar-refractivity contribution in [1.82, 2.24) is 19.7 Å². The molecule has 3 heterocycles. The molecule has 5 rings (SSSR count). The molecule has 6 nitrogen and oxygen atoms in total. The predicted molar refractivity (Wildman–Crippen MR) is 117 cm³/mol. The van der Waals surface area contributed by atoms with Gasteiger partial charge in [0, 0.05) is 34.5 Å². The molecule has 0 saturated heterocycles. The monoisotopic (exact) mass is 436 g/mol. The lowest BCUT2D eigenvalue weighted by atomic mass is 10.1. The van der Waals surface area contributed by atoms with E-state index in [4.69, 9.17) is 20.8 Å². The Bertz CT molecular complexity index is 1340. The first-order chi connectivity index (χ1) is 14.6. The molecule has 0 aliphatic rings. The summed E-state index contributed by atoms with van der Waals surface area (Å²) < 4.78 is 13.7. The number of ether oxygens (including phenoxy) is 1. The Morgan fingerprint density at radius 2 is 2.00 bits per heavy atom. The Balaban J connectivity index is 1.41. The second kappa shape index (κ2) is 7.59. The number of hydrogen-bond donors (Lipinski definition) is 0. The predicted octanol–water partition coefficient (Wildman–Crippen LogP) is 6.24. The maximum absolute atomic E-state index is 6.29. The summed E-state index contributed by atoms with van der Waals surface area (Å²) in [5.74, 6) is 1.82. The van der Waals surface area contributed by atoms with Crippen LogP contribution >= 0.6 is 22.9 Å². The molecule has 0 amide bonds. The van der Waals surface area contributed by atoms with Gasteiger partial charge in [-0.1, -0.05) is 29.8 Å². The van der Waals surface area contributed by atoms with Crippen LogP contribution in [-0.2, 0) is 0 Å². The van der Waals surface area contributed by atoms with E-state index in [2.05, 4.69) is 15.2 Å². The second-order valence-corrected chi connectivity index (χ2v) is 8.14. The number of aryl methyl sites for hydroxylation is 1. The Morgan fingerprint density at radius 3 is 2.80 bits per heavy atom. The maximum atomic E-state index is 6.29. The van der Waals surface area contributed by atoms with E-state index in [1.807, 2.05) is 65.4 Å². The van der Waals surface area contributed by atoms with E-state index in [1.54, 1.807) is 24.6 Å². The summed E-state index contributed by atoms with van der Waals surface area (Å²) in [6.45, 7) is 3.76. The summed E-state index contributed by atoms with van der Waals surface area (Å²) in [7, 11) is 0. The molecule has 0 radical (unpaired) electrons. The SMILES string of the molecule is Cc1nnc(-c2ccc3c(c2)ncn3-c2cc(O[C@H](C)c3ccccc3Cl)cs2)o1. The number of hydrogen-bond acceptors (Lipinski definition) is 6. The van der Waals surface area contributed by atoms with Crippen molar-refractivity contribution in [3.05, 3.63) is 76.7 Å². The normalized spacial score (nSPS) is 12.4.